The van der Waals surface area contributed by atoms with Crippen molar-refractivity contribution in [2.75, 3.05) is 24.1 Å². The number of nitrogens with one attached hydrogen (secondary N) is 1. The lowest BCUT2D eigenvalue weighted by atomic mass is 10.2. The molecule has 2 rings (SSSR count). The van der Waals surface area contributed by atoms with Gasteiger partial charge in [0.15, 0.2) is 0 Å². The van der Waals surface area contributed by atoms with Gasteiger partial charge in [-0.15, -0.1) is 12.4 Å². The van der Waals surface area contributed by atoms with Crippen molar-refractivity contribution in [3.8, 4) is 0 Å². The summed E-state index contributed by atoms with van der Waals surface area (Å²) in [4.78, 5) is 24.6. The standard InChI is InChI=1S/C12H15N3O2.ClH/c13-9-4-1-2-5-10(9)14-11(16)8-15-7-3-6-12(15)17;/h1-2,4-5H,3,6-8,13H2,(H,14,16);1H. The molecule has 0 aliphatic carbocycles. The van der Waals surface area contributed by atoms with E-state index in [4.69, 9.17) is 5.73 Å². The highest BCUT2D eigenvalue weighted by Gasteiger charge is 2.22. The Morgan fingerprint density at radius 3 is 2.72 bits per heavy atom. The van der Waals surface area contributed by atoms with Gasteiger partial charge in [-0.05, 0) is 18.6 Å². The molecule has 0 bridgehead atoms. The zero-order valence-electron chi connectivity index (χ0n) is 9.89. The van der Waals surface area contributed by atoms with E-state index in [0.29, 0.717) is 24.3 Å². The summed E-state index contributed by atoms with van der Waals surface area (Å²) in [6.45, 7) is 0.768. The number of para-hydroxylation sites is 2. The van der Waals surface area contributed by atoms with Crippen LogP contribution in [0.2, 0.25) is 0 Å². The van der Waals surface area contributed by atoms with Gasteiger partial charge in [0.25, 0.3) is 0 Å². The van der Waals surface area contributed by atoms with Crippen LogP contribution in [0, 0.1) is 0 Å². The van der Waals surface area contributed by atoms with Gasteiger partial charge in [-0.2, -0.15) is 0 Å². The fourth-order valence-corrected chi connectivity index (χ4v) is 1.85. The summed E-state index contributed by atoms with van der Waals surface area (Å²) in [6, 6.07) is 7.05. The molecule has 1 aliphatic heterocycles. The summed E-state index contributed by atoms with van der Waals surface area (Å²) in [5, 5.41) is 2.70. The fourth-order valence-electron chi connectivity index (χ4n) is 1.85. The Morgan fingerprint density at radius 2 is 2.11 bits per heavy atom. The van der Waals surface area contributed by atoms with Crippen LogP contribution in [-0.4, -0.2) is 29.8 Å². The molecule has 0 radical (unpaired) electrons. The SMILES string of the molecule is Cl.Nc1ccccc1NC(=O)CN1CCCC1=O. The lowest BCUT2D eigenvalue weighted by molar-refractivity contribution is -0.131. The molecular weight excluding hydrogens is 254 g/mol. The Hall–Kier alpha value is -1.75. The lowest BCUT2D eigenvalue weighted by Crippen LogP contribution is -2.34. The summed E-state index contributed by atoms with van der Waals surface area (Å²) >= 11 is 0. The van der Waals surface area contributed by atoms with Crippen molar-refractivity contribution in [1.29, 1.82) is 0 Å². The maximum atomic E-state index is 11.7. The molecule has 0 saturated carbocycles. The molecule has 98 valence electrons. The Bertz CT molecular complexity index is 451. The predicted molar refractivity (Wildman–Crippen MR) is 72.5 cm³/mol. The summed E-state index contributed by atoms with van der Waals surface area (Å²) in [5.74, 6) is -0.167. The monoisotopic (exact) mass is 269 g/mol. The molecule has 2 amide bonds. The van der Waals surface area contributed by atoms with E-state index < -0.39 is 0 Å². The van der Waals surface area contributed by atoms with Crippen LogP contribution < -0.4 is 11.1 Å². The number of halogens is 1. The zero-order chi connectivity index (χ0) is 12.3. The highest BCUT2D eigenvalue weighted by atomic mass is 35.5. The maximum absolute atomic E-state index is 11.7. The van der Waals surface area contributed by atoms with E-state index in [1.54, 1.807) is 29.2 Å². The predicted octanol–water partition coefficient (Wildman–Crippen LogP) is 1.25. The number of nitrogen functional groups attached to an aromatic ring is 1. The fraction of sp³-hybridized carbons (Fsp3) is 0.333. The topological polar surface area (TPSA) is 75.4 Å². The van der Waals surface area contributed by atoms with Crippen LogP contribution >= 0.6 is 12.4 Å². The van der Waals surface area contributed by atoms with Gasteiger partial charge in [-0.3, -0.25) is 9.59 Å². The number of hydrogen-bond acceptors (Lipinski definition) is 3. The van der Waals surface area contributed by atoms with Crippen LogP contribution in [0.3, 0.4) is 0 Å². The van der Waals surface area contributed by atoms with Crippen LogP contribution in [0.1, 0.15) is 12.8 Å². The number of benzene rings is 1. The molecule has 3 N–H and O–H groups in total. The van der Waals surface area contributed by atoms with Crippen LogP contribution in [0.4, 0.5) is 11.4 Å². The molecule has 0 aromatic heterocycles. The molecule has 1 heterocycles. The van der Waals surface area contributed by atoms with Gasteiger partial charge in [-0.1, -0.05) is 12.1 Å². The molecule has 1 aromatic rings. The summed E-state index contributed by atoms with van der Waals surface area (Å²) in [5.41, 5.74) is 6.82. The minimum atomic E-state index is -0.210. The van der Waals surface area contributed by atoms with E-state index in [9.17, 15) is 9.59 Å². The number of amides is 2. The third kappa shape index (κ3) is 3.37. The van der Waals surface area contributed by atoms with Crippen molar-refractivity contribution >= 4 is 35.6 Å². The quantitative estimate of drug-likeness (QED) is 0.811. The van der Waals surface area contributed by atoms with Crippen LogP contribution in [0.5, 0.6) is 0 Å². The third-order valence-electron chi connectivity index (χ3n) is 2.74. The highest BCUT2D eigenvalue weighted by molar-refractivity contribution is 5.97. The Morgan fingerprint density at radius 1 is 1.39 bits per heavy atom. The second-order valence-electron chi connectivity index (χ2n) is 4.05. The smallest absolute Gasteiger partial charge is 0.244 e. The average molecular weight is 270 g/mol. The van der Waals surface area contributed by atoms with Crippen molar-refractivity contribution in [2.24, 2.45) is 0 Å². The molecule has 0 spiro atoms. The Labute approximate surface area is 112 Å². The average Bonchev–Trinajstić information content (AvgIpc) is 2.68. The molecule has 6 heteroatoms. The number of hydrogen-bond donors (Lipinski definition) is 2. The number of nitrogens with two attached hydrogens (primary N) is 1. The van der Waals surface area contributed by atoms with Crippen molar-refractivity contribution in [3.63, 3.8) is 0 Å². The van der Waals surface area contributed by atoms with Crippen molar-refractivity contribution in [1.82, 2.24) is 4.90 Å². The second kappa shape index (κ2) is 6.26. The van der Waals surface area contributed by atoms with Crippen molar-refractivity contribution < 1.29 is 9.59 Å². The molecule has 0 atom stereocenters. The third-order valence-corrected chi connectivity index (χ3v) is 2.74. The molecule has 0 unspecified atom stereocenters. The minimum absolute atomic E-state index is 0. The van der Waals surface area contributed by atoms with Gasteiger partial charge in [0.2, 0.25) is 11.8 Å². The largest absolute Gasteiger partial charge is 0.397 e. The normalized spacial score (nSPS) is 14.2. The molecule has 18 heavy (non-hydrogen) atoms. The number of carbonyl (C=O) groups excluding carboxylic acids is 2. The molecule has 5 nitrogen and oxygen atoms in total. The number of carbonyl (C=O) groups is 2. The summed E-state index contributed by atoms with van der Waals surface area (Å²) in [6.07, 6.45) is 1.38. The Kier molecular flexibility index (Phi) is 4.97. The lowest BCUT2D eigenvalue weighted by Gasteiger charge is -2.15. The number of rotatable bonds is 3. The van der Waals surface area contributed by atoms with Crippen LogP contribution in [0.15, 0.2) is 24.3 Å². The van der Waals surface area contributed by atoms with Crippen LogP contribution in [0.25, 0.3) is 0 Å². The van der Waals surface area contributed by atoms with E-state index in [1.807, 2.05) is 0 Å². The van der Waals surface area contributed by atoms with Gasteiger partial charge < -0.3 is 16.0 Å². The van der Waals surface area contributed by atoms with Gasteiger partial charge >= 0.3 is 0 Å². The molecular formula is C12H16ClN3O2. The van der Waals surface area contributed by atoms with E-state index in [-0.39, 0.29) is 30.8 Å². The van der Waals surface area contributed by atoms with Crippen LogP contribution in [-0.2, 0) is 9.59 Å². The number of nitrogens with zero attached hydrogens (tertiary/aromatic N) is 1. The Balaban J connectivity index is 0.00000162. The van der Waals surface area contributed by atoms with Crippen molar-refractivity contribution in [3.05, 3.63) is 24.3 Å². The van der Waals surface area contributed by atoms with E-state index in [1.165, 1.54) is 0 Å². The van der Waals surface area contributed by atoms with E-state index in [0.717, 1.165) is 6.42 Å². The van der Waals surface area contributed by atoms with Crippen molar-refractivity contribution in [2.45, 2.75) is 12.8 Å². The number of anilines is 2. The van der Waals surface area contributed by atoms with Gasteiger partial charge in [0, 0.05) is 13.0 Å². The maximum Gasteiger partial charge on any atom is 0.244 e. The zero-order valence-corrected chi connectivity index (χ0v) is 10.7. The molecule has 1 aromatic carbocycles. The molecule has 1 saturated heterocycles. The highest BCUT2D eigenvalue weighted by Crippen LogP contribution is 2.17. The summed E-state index contributed by atoms with van der Waals surface area (Å²) in [7, 11) is 0. The summed E-state index contributed by atoms with van der Waals surface area (Å²) < 4.78 is 0. The first-order valence-electron chi connectivity index (χ1n) is 5.59. The number of likely N-dealkylation sites (tertiary alicyclic amines) is 1. The molecule has 1 fully saturated rings. The first-order valence-corrected chi connectivity index (χ1v) is 5.59. The van der Waals surface area contributed by atoms with Gasteiger partial charge in [0.05, 0.1) is 17.9 Å². The molecule has 1 aliphatic rings. The van der Waals surface area contributed by atoms with Gasteiger partial charge in [-0.25, -0.2) is 0 Å². The first kappa shape index (κ1) is 14.3. The van der Waals surface area contributed by atoms with E-state index >= 15 is 0 Å². The van der Waals surface area contributed by atoms with E-state index in [2.05, 4.69) is 5.32 Å². The minimum Gasteiger partial charge on any atom is -0.397 e. The second-order valence-corrected chi connectivity index (χ2v) is 4.05. The first-order chi connectivity index (χ1) is 8.16. The van der Waals surface area contributed by atoms with Gasteiger partial charge in [0.1, 0.15) is 0 Å².